The van der Waals surface area contributed by atoms with Crippen molar-refractivity contribution in [1.82, 2.24) is 10.2 Å². The van der Waals surface area contributed by atoms with Crippen molar-refractivity contribution < 1.29 is 14.3 Å². The number of nitrogens with zero attached hydrogens (tertiary/aromatic N) is 3. The molecule has 4 aromatic rings. The van der Waals surface area contributed by atoms with E-state index in [0.717, 1.165) is 11.3 Å². The second kappa shape index (κ2) is 10.9. The van der Waals surface area contributed by atoms with E-state index in [9.17, 15) is 4.79 Å². The maximum atomic E-state index is 13.1. The van der Waals surface area contributed by atoms with Crippen LogP contribution in [0, 0.1) is 0 Å². The monoisotopic (exact) mass is 577 g/mol. The minimum atomic E-state index is -0.270. The van der Waals surface area contributed by atoms with Crippen LogP contribution in [-0.4, -0.2) is 21.4 Å². The fourth-order valence-corrected chi connectivity index (χ4v) is 6.63. The van der Waals surface area contributed by atoms with Crippen LogP contribution in [0.15, 0.2) is 66.7 Å². The zero-order valence-corrected chi connectivity index (χ0v) is 22.6. The van der Waals surface area contributed by atoms with Crippen molar-refractivity contribution in [2.75, 3.05) is 4.90 Å². The van der Waals surface area contributed by atoms with Crippen LogP contribution in [0.1, 0.15) is 22.9 Å². The first-order chi connectivity index (χ1) is 17.4. The quantitative estimate of drug-likeness (QED) is 0.221. The fourth-order valence-electron chi connectivity index (χ4n) is 3.60. The Labute approximate surface area is 231 Å². The Morgan fingerprint density at radius 2 is 1.67 bits per heavy atom. The highest BCUT2D eigenvalue weighted by atomic mass is 35.5. The lowest BCUT2D eigenvalue weighted by atomic mass is 10.2. The van der Waals surface area contributed by atoms with Gasteiger partial charge in [-0.3, -0.25) is 9.69 Å². The predicted octanol–water partition coefficient (Wildman–Crippen LogP) is 8.04. The van der Waals surface area contributed by atoms with Crippen LogP contribution < -0.4 is 14.4 Å². The van der Waals surface area contributed by atoms with Crippen molar-refractivity contribution in [2.45, 2.75) is 24.2 Å². The smallest absolute Gasteiger partial charge is 0.242 e. The predicted molar refractivity (Wildman–Crippen MR) is 146 cm³/mol. The van der Waals surface area contributed by atoms with E-state index in [-0.39, 0.29) is 23.1 Å². The van der Waals surface area contributed by atoms with Gasteiger partial charge in [-0.1, -0.05) is 76.5 Å². The summed E-state index contributed by atoms with van der Waals surface area (Å²) < 4.78 is 11.8. The first kappa shape index (κ1) is 25.2. The molecule has 0 N–H and O–H groups in total. The molecule has 184 valence electrons. The largest absolute Gasteiger partial charge is 0.483 e. The summed E-state index contributed by atoms with van der Waals surface area (Å²) in [5.41, 5.74) is 0.929. The lowest BCUT2D eigenvalue weighted by Gasteiger charge is -2.21. The van der Waals surface area contributed by atoms with Crippen LogP contribution in [0.5, 0.6) is 17.2 Å². The highest BCUT2D eigenvalue weighted by Crippen LogP contribution is 2.47. The highest BCUT2D eigenvalue weighted by molar-refractivity contribution is 8.01. The molecule has 5 rings (SSSR count). The van der Waals surface area contributed by atoms with E-state index in [1.165, 1.54) is 11.3 Å². The number of benzene rings is 3. The van der Waals surface area contributed by atoms with Gasteiger partial charge in [0, 0.05) is 5.02 Å². The number of rotatable bonds is 7. The van der Waals surface area contributed by atoms with Gasteiger partial charge >= 0.3 is 0 Å². The van der Waals surface area contributed by atoms with Crippen molar-refractivity contribution in [3.8, 4) is 17.2 Å². The van der Waals surface area contributed by atoms with Gasteiger partial charge in [0.15, 0.2) is 10.8 Å². The third-order valence-electron chi connectivity index (χ3n) is 5.24. The van der Waals surface area contributed by atoms with Crippen LogP contribution >= 0.6 is 57.9 Å². The highest BCUT2D eigenvalue weighted by Gasteiger charge is 2.41. The number of halogens is 3. The van der Waals surface area contributed by atoms with Crippen molar-refractivity contribution in [1.29, 1.82) is 0 Å². The second-order valence-electron chi connectivity index (χ2n) is 7.79. The Balaban J connectivity index is 1.36. The Hall–Kier alpha value is -2.49. The molecule has 1 amide bonds. The number of anilines is 1. The molecule has 1 aromatic heterocycles. The van der Waals surface area contributed by atoms with E-state index in [2.05, 4.69) is 10.2 Å². The minimum Gasteiger partial charge on any atom is -0.483 e. The van der Waals surface area contributed by atoms with Gasteiger partial charge in [0.2, 0.25) is 11.0 Å². The van der Waals surface area contributed by atoms with Crippen molar-refractivity contribution in [2.24, 2.45) is 0 Å². The molecule has 6 nitrogen and oxygen atoms in total. The molecule has 1 saturated heterocycles. The van der Waals surface area contributed by atoms with Crippen LogP contribution in [0.25, 0.3) is 0 Å². The summed E-state index contributed by atoms with van der Waals surface area (Å²) in [4.78, 5) is 14.8. The molecule has 1 fully saturated rings. The number of thioether (sulfide) groups is 1. The van der Waals surface area contributed by atoms with Gasteiger partial charge in [0.1, 0.15) is 23.5 Å². The third kappa shape index (κ3) is 5.43. The zero-order chi connectivity index (χ0) is 25.2. The summed E-state index contributed by atoms with van der Waals surface area (Å²) in [5, 5.41) is 10.1. The maximum absolute atomic E-state index is 13.1. The van der Waals surface area contributed by atoms with Gasteiger partial charge < -0.3 is 9.47 Å². The average Bonchev–Trinajstić information content (AvgIpc) is 3.43. The fraction of sp³-hybridized carbons (Fsp3) is 0.160. The Morgan fingerprint density at radius 1 is 0.944 bits per heavy atom. The maximum Gasteiger partial charge on any atom is 0.242 e. The number of aromatic nitrogens is 2. The molecule has 36 heavy (non-hydrogen) atoms. The Kier molecular flexibility index (Phi) is 7.60. The van der Waals surface area contributed by atoms with E-state index in [1.54, 1.807) is 28.8 Å². The van der Waals surface area contributed by atoms with Gasteiger partial charge in [-0.2, -0.15) is 0 Å². The molecule has 0 saturated carbocycles. The standard InChI is InChI=1S/C25H18Cl3N3O3S2/c1-14-23(32)31(24(35-14)15-6-5-9-18(10-15)34-17-7-3-2-4-8-17)25-30-29-21(36-25)13-33-22-19(27)11-16(26)12-20(22)28/h2-12,14,24H,13H2,1H3. The summed E-state index contributed by atoms with van der Waals surface area (Å²) in [5.74, 6) is 1.71. The van der Waals surface area contributed by atoms with Gasteiger partial charge in [-0.25, -0.2) is 0 Å². The van der Waals surface area contributed by atoms with Gasteiger partial charge in [-0.05, 0) is 48.9 Å². The van der Waals surface area contributed by atoms with Crippen molar-refractivity contribution >= 4 is 68.9 Å². The van der Waals surface area contributed by atoms with E-state index >= 15 is 0 Å². The number of carbonyl (C=O) groups is 1. The normalized spacial score (nSPS) is 17.4. The number of hydrogen-bond acceptors (Lipinski definition) is 7. The number of para-hydroxylation sites is 1. The van der Waals surface area contributed by atoms with E-state index in [0.29, 0.717) is 36.7 Å². The molecule has 0 spiro atoms. The summed E-state index contributed by atoms with van der Waals surface area (Å²) >= 11 is 21.2. The van der Waals surface area contributed by atoms with Crippen LogP contribution in [-0.2, 0) is 11.4 Å². The molecular weight excluding hydrogens is 561 g/mol. The molecule has 0 aliphatic carbocycles. The lowest BCUT2D eigenvalue weighted by molar-refractivity contribution is -0.117. The summed E-state index contributed by atoms with van der Waals surface area (Å²) in [6.07, 6.45) is 0. The molecule has 0 bridgehead atoms. The van der Waals surface area contributed by atoms with Gasteiger partial charge in [0.25, 0.3) is 0 Å². The SMILES string of the molecule is CC1SC(c2cccc(Oc3ccccc3)c2)N(c2nnc(COc3c(Cl)cc(Cl)cc3Cl)s2)C1=O. The zero-order valence-electron chi connectivity index (χ0n) is 18.7. The van der Waals surface area contributed by atoms with E-state index in [1.807, 2.05) is 61.5 Å². The summed E-state index contributed by atoms with van der Waals surface area (Å²) in [7, 11) is 0. The number of hydrogen-bond donors (Lipinski definition) is 0. The Morgan fingerprint density at radius 3 is 2.42 bits per heavy atom. The van der Waals surface area contributed by atoms with Gasteiger partial charge in [0.05, 0.1) is 15.3 Å². The lowest BCUT2D eigenvalue weighted by Crippen LogP contribution is -2.30. The minimum absolute atomic E-state index is 0.0354. The molecule has 1 aliphatic heterocycles. The second-order valence-corrected chi connectivity index (χ2v) is 11.5. The molecule has 11 heteroatoms. The van der Waals surface area contributed by atoms with Crippen LogP contribution in [0.2, 0.25) is 15.1 Å². The van der Waals surface area contributed by atoms with E-state index in [4.69, 9.17) is 44.3 Å². The molecule has 1 aliphatic rings. The molecule has 2 unspecified atom stereocenters. The molecule has 0 radical (unpaired) electrons. The number of carbonyl (C=O) groups excluding carboxylic acids is 1. The number of amides is 1. The molecule has 2 heterocycles. The van der Waals surface area contributed by atoms with Crippen LogP contribution in [0.4, 0.5) is 5.13 Å². The van der Waals surface area contributed by atoms with E-state index < -0.39 is 0 Å². The Bertz CT molecular complexity index is 1380. The van der Waals surface area contributed by atoms with Crippen LogP contribution in [0.3, 0.4) is 0 Å². The van der Waals surface area contributed by atoms with Gasteiger partial charge in [-0.15, -0.1) is 22.0 Å². The first-order valence-corrected chi connectivity index (χ1v) is 13.7. The number of ether oxygens (including phenoxy) is 2. The van der Waals surface area contributed by atoms with Crippen molar-refractivity contribution in [3.05, 3.63) is 92.4 Å². The van der Waals surface area contributed by atoms with Crippen molar-refractivity contribution in [3.63, 3.8) is 0 Å². The topological polar surface area (TPSA) is 64.6 Å². The summed E-state index contributed by atoms with van der Waals surface area (Å²) in [6, 6.07) is 20.4. The third-order valence-corrected chi connectivity index (χ3v) is 8.27. The molecule has 3 aromatic carbocycles. The average molecular weight is 579 g/mol. The molecular formula is C25H18Cl3N3O3S2. The summed E-state index contributed by atoms with van der Waals surface area (Å²) in [6.45, 7) is 1.98. The first-order valence-electron chi connectivity index (χ1n) is 10.8. The molecule has 2 atom stereocenters.